The van der Waals surface area contributed by atoms with E-state index in [1.54, 1.807) is 24.3 Å². The number of nitrogens with one attached hydrogen (secondary N) is 1. The number of nitriles is 1. The fourth-order valence-electron chi connectivity index (χ4n) is 1.19. The Balaban J connectivity index is 2.88. The van der Waals surface area contributed by atoms with Crippen LogP contribution in [0.15, 0.2) is 24.3 Å². The van der Waals surface area contributed by atoms with Gasteiger partial charge in [-0.05, 0) is 39.0 Å². The van der Waals surface area contributed by atoms with Crippen molar-refractivity contribution in [1.29, 1.82) is 5.26 Å². The monoisotopic (exact) mass is 250 g/mol. The van der Waals surface area contributed by atoms with Crippen molar-refractivity contribution < 1.29 is 4.79 Å². The molecule has 1 aromatic carbocycles. The Bertz CT molecular complexity index is 461. The Morgan fingerprint density at radius 1 is 1.53 bits per heavy atom. The van der Waals surface area contributed by atoms with Crippen molar-refractivity contribution >= 4 is 17.5 Å². The molecule has 0 heterocycles. The van der Waals surface area contributed by atoms with Crippen molar-refractivity contribution in [2.24, 2.45) is 0 Å². The fourth-order valence-corrected chi connectivity index (χ4v) is 1.25. The standard InChI is InChI=1S/C13H15ClN2O/c1-9(14)13(2,3)16-12(17)11-6-4-5-10(7-11)8-15/h4-7,9H,1-3H3,(H,16,17). The SMILES string of the molecule is CC(Cl)C(C)(C)NC(=O)c1cccc(C#N)c1. The third-order valence-corrected chi connectivity index (χ3v) is 3.23. The number of hydrogen-bond acceptors (Lipinski definition) is 2. The molecule has 0 saturated heterocycles. The van der Waals surface area contributed by atoms with E-state index in [0.29, 0.717) is 11.1 Å². The minimum absolute atomic E-state index is 0.189. The highest BCUT2D eigenvalue weighted by Crippen LogP contribution is 2.16. The van der Waals surface area contributed by atoms with Gasteiger partial charge in [0.1, 0.15) is 0 Å². The number of alkyl halides is 1. The summed E-state index contributed by atoms with van der Waals surface area (Å²) < 4.78 is 0. The molecule has 1 amide bonds. The molecule has 17 heavy (non-hydrogen) atoms. The number of carbonyl (C=O) groups excluding carboxylic acids is 1. The normalized spacial score (nSPS) is 12.6. The molecule has 0 fully saturated rings. The Hall–Kier alpha value is -1.53. The van der Waals surface area contributed by atoms with Crippen LogP contribution in [0.3, 0.4) is 0 Å². The number of halogens is 1. The maximum atomic E-state index is 12.0. The van der Waals surface area contributed by atoms with Gasteiger partial charge < -0.3 is 5.32 Å². The lowest BCUT2D eigenvalue weighted by atomic mass is 10.0. The van der Waals surface area contributed by atoms with Crippen molar-refractivity contribution in [2.75, 3.05) is 0 Å². The average Bonchev–Trinajstić information content (AvgIpc) is 2.28. The van der Waals surface area contributed by atoms with Crippen molar-refractivity contribution in [3.8, 4) is 6.07 Å². The second-order valence-corrected chi connectivity index (χ2v) is 5.14. The van der Waals surface area contributed by atoms with Gasteiger partial charge >= 0.3 is 0 Å². The Morgan fingerprint density at radius 3 is 2.71 bits per heavy atom. The van der Waals surface area contributed by atoms with Gasteiger partial charge in [-0.25, -0.2) is 0 Å². The van der Waals surface area contributed by atoms with E-state index < -0.39 is 5.54 Å². The van der Waals surface area contributed by atoms with Gasteiger partial charge in [0.05, 0.1) is 22.5 Å². The predicted octanol–water partition coefficient (Wildman–Crippen LogP) is 2.69. The third kappa shape index (κ3) is 3.47. The van der Waals surface area contributed by atoms with Crippen LogP contribution in [-0.4, -0.2) is 16.8 Å². The summed E-state index contributed by atoms with van der Waals surface area (Å²) in [7, 11) is 0. The first-order valence-electron chi connectivity index (χ1n) is 5.33. The largest absolute Gasteiger partial charge is 0.346 e. The van der Waals surface area contributed by atoms with Crippen molar-refractivity contribution in [3.63, 3.8) is 0 Å². The van der Waals surface area contributed by atoms with Gasteiger partial charge in [0.2, 0.25) is 0 Å². The second kappa shape index (κ2) is 5.20. The molecule has 1 unspecified atom stereocenters. The molecular weight excluding hydrogens is 236 g/mol. The van der Waals surface area contributed by atoms with Gasteiger partial charge in [-0.1, -0.05) is 6.07 Å². The van der Waals surface area contributed by atoms with E-state index in [0.717, 1.165) is 0 Å². The Labute approximate surface area is 106 Å². The lowest BCUT2D eigenvalue weighted by Crippen LogP contribution is -2.49. The van der Waals surface area contributed by atoms with Crippen LogP contribution in [0.2, 0.25) is 0 Å². The minimum Gasteiger partial charge on any atom is -0.346 e. The summed E-state index contributed by atoms with van der Waals surface area (Å²) in [6, 6.07) is 8.58. The van der Waals surface area contributed by atoms with E-state index in [2.05, 4.69) is 5.32 Å². The maximum Gasteiger partial charge on any atom is 0.251 e. The van der Waals surface area contributed by atoms with E-state index in [-0.39, 0.29) is 11.3 Å². The van der Waals surface area contributed by atoms with Crippen molar-refractivity contribution in [1.82, 2.24) is 5.32 Å². The first kappa shape index (κ1) is 13.5. The molecule has 0 bridgehead atoms. The average molecular weight is 251 g/mol. The van der Waals surface area contributed by atoms with Crippen LogP contribution < -0.4 is 5.32 Å². The number of nitrogens with zero attached hydrogens (tertiary/aromatic N) is 1. The van der Waals surface area contributed by atoms with Gasteiger partial charge in [0, 0.05) is 5.56 Å². The topological polar surface area (TPSA) is 52.9 Å². The first-order chi connectivity index (χ1) is 7.86. The molecule has 0 aliphatic carbocycles. The molecule has 90 valence electrons. The van der Waals surface area contributed by atoms with E-state index >= 15 is 0 Å². The van der Waals surface area contributed by atoms with Crippen LogP contribution in [0.5, 0.6) is 0 Å². The Kier molecular flexibility index (Phi) is 4.14. The predicted molar refractivity (Wildman–Crippen MR) is 68.0 cm³/mol. The quantitative estimate of drug-likeness (QED) is 0.839. The lowest BCUT2D eigenvalue weighted by Gasteiger charge is -2.28. The molecule has 0 spiro atoms. The lowest BCUT2D eigenvalue weighted by molar-refractivity contribution is 0.0912. The number of hydrogen-bond donors (Lipinski definition) is 1. The zero-order valence-electron chi connectivity index (χ0n) is 10.1. The van der Waals surface area contributed by atoms with Crippen molar-refractivity contribution in [2.45, 2.75) is 31.7 Å². The summed E-state index contributed by atoms with van der Waals surface area (Å²) >= 11 is 5.99. The molecule has 1 atom stereocenters. The zero-order chi connectivity index (χ0) is 13.1. The van der Waals surface area contributed by atoms with E-state index in [9.17, 15) is 4.79 Å². The molecule has 0 aromatic heterocycles. The van der Waals surface area contributed by atoms with Crippen LogP contribution >= 0.6 is 11.6 Å². The fraction of sp³-hybridized carbons (Fsp3) is 0.385. The molecule has 3 nitrogen and oxygen atoms in total. The van der Waals surface area contributed by atoms with E-state index in [1.807, 2.05) is 26.8 Å². The molecule has 0 radical (unpaired) electrons. The van der Waals surface area contributed by atoms with Gasteiger partial charge in [0.25, 0.3) is 5.91 Å². The van der Waals surface area contributed by atoms with Crippen LogP contribution in [0, 0.1) is 11.3 Å². The zero-order valence-corrected chi connectivity index (χ0v) is 10.9. The van der Waals surface area contributed by atoms with Crippen LogP contribution in [-0.2, 0) is 0 Å². The minimum atomic E-state index is -0.499. The van der Waals surface area contributed by atoms with E-state index in [4.69, 9.17) is 16.9 Å². The van der Waals surface area contributed by atoms with Crippen LogP contribution in [0.1, 0.15) is 36.7 Å². The molecule has 4 heteroatoms. The van der Waals surface area contributed by atoms with Gasteiger partial charge in [-0.3, -0.25) is 4.79 Å². The second-order valence-electron chi connectivity index (χ2n) is 4.48. The first-order valence-corrected chi connectivity index (χ1v) is 5.77. The smallest absolute Gasteiger partial charge is 0.251 e. The van der Waals surface area contributed by atoms with Gasteiger partial charge in [-0.2, -0.15) is 5.26 Å². The highest BCUT2D eigenvalue weighted by molar-refractivity contribution is 6.21. The van der Waals surface area contributed by atoms with E-state index in [1.165, 1.54) is 0 Å². The highest BCUT2D eigenvalue weighted by Gasteiger charge is 2.26. The third-order valence-electron chi connectivity index (χ3n) is 2.68. The highest BCUT2D eigenvalue weighted by atomic mass is 35.5. The summed E-state index contributed by atoms with van der Waals surface area (Å²) in [6.45, 7) is 5.54. The number of benzene rings is 1. The molecule has 1 aromatic rings. The summed E-state index contributed by atoms with van der Waals surface area (Å²) in [5.41, 5.74) is 0.435. The van der Waals surface area contributed by atoms with Gasteiger partial charge in [0.15, 0.2) is 0 Å². The van der Waals surface area contributed by atoms with Crippen molar-refractivity contribution in [3.05, 3.63) is 35.4 Å². The number of carbonyl (C=O) groups is 1. The molecule has 0 aliphatic rings. The Morgan fingerprint density at radius 2 is 2.18 bits per heavy atom. The number of amides is 1. The maximum absolute atomic E-state index is 12.0. The summed E-state index contributed by atoms with van der Waals surface area (Å²) in [4.78, 5) is 12.0. The summed E-state index contributed by atoms with van der Waals surface area (Å²) in [5.74, 6) is -0.223. The summed E-state index contributed by atoms with van der Waals surface area (Å²) in [6.07, 6.45) is 0. The molecule has 1 N–H and O–H groups in total. The number of rotatable bonds is 3. The van der Waals surface area contributed by atoms with Crippen LogP contribution in [0.4, 0.5) is 0 Å². The van der Waals surface area contributed by atoms with Gasteiger partial charge in [-0.15, -0.1) is 11.6 Å². The summed E-state index contributed by atoms with van der Waals surface area (Å²) in [5, 5.41) is 11.4. The molecule has 1 rings (SSSR count). The van der Waals surface area contributed by atoms with Crippen LogP contribution in [0.25, 0.3) is 0 Å². The molecule has 0 saturated carbocycles. The molecule has 0 aliphatic heterocycles. The molecular formula is C13H15ClN2O.